The fraction of sp³-hybridized carbons (Fsp3) is 0.364. The van der Waals surface area contributed by atoms with E-state index in [9.17, 15) is 22.8 Å². The van der Waals surface area contributed by atoms with Crippen LogP contribution in [0.5, 0.6) is 0 Å². The van der Waals surface area contributed by atoms with E-state index in [-0.39, 0.29) is 24.0 Å². The number of thiophene rings is 1. The number of nitrogens with two attached hydrogens (primary N) is 1. The van der Waals surface area contributed by atoms with Crippen molar-refractivity contribution >= 4 is 46.5 Å². The van der Waals surface area contributed by atoms with Crippen molar-refractivity contribution in [3.63, 3.8) is 0 Å². The number of alkyl halides is 3. The van der Waals surface area contributed by atoms with Gasteiger partial charge in [-0.2, -0.15) is 13.2 Å². The van der Waals surface area contributed by atoms with E-state index in [4.69, 9.17) is 11.1 Å². The number of fused-ring (bicyclic) bond motifs is 1. The van der Waals surface area contributed by atoms with E-state index in [2.05, 4.69) is 4.74 Å². The van der Waals surface area contributed by atoms with Crippen LogP contribution >= 0.6 is 23.1 Å². The van der Waals surface area contributed by atoms with Gasteiger partial charge in [-0.3, -0.25) is 10.2 Å². The smallest absolute Gasteiger partial charge is 0.457 e. The van der Waals surface area contributed by atoms with Gasteiger partial charge in [0, 0.05) is 0 Å². The fourth-order valence-electron chi connectivity index (χ4n) is 1.69. The molecule has 1 amide bonds. The Morgan fingerprint density at radius 3 is 2.77 bits per heavy atom. The molecule has 0 aromatic carbocycles. The van der Waals surface area contributed by atoms with Crippen LogP contribution < -0.4 is 10.6 Å². The Labute approximate surface area is 130 Å². The zero-order chi connectivity index (χ0) is 16.5. The molecule has 22 heavy (non-hydrogen) atoms. The largest absolute Gasteiger partial charge is 0.490 e. The van der Waals surface area contributed by atoms with Gasteiger partial charge in [0.15, 0.2) is 0 Å². The molecule has 0 atom stereocenters. The first kappa shape index (κ1) is 16.6. The van der Waals surface area contributed by atoms with Crippen LogP contribution in [0.1, 0.15) is 4.88 Å². The summed E-state index contributed by atoms with van der Waals surface area (Å²) in [6.45, 7) is -0.762. The first-order valence-corrected chi connectivity index (χ1v) is 7.65. The van der Waals surface area contributed by atoms with Gasteiger partial charge in [0.2, 0.25) is 5.91 Å². The van der Waals surface area contributed by atoms with E-state index >= 15 is 0 Å². The van der Waals surface area contributed by atoms with E-state index in [1.807, 2.05) is 0 Å². The van der Waals surface area contributed by atoms with Crippen molar-refractivity contribution in [1.82, 2.24) is 0 Å². The quantitative estimate of drug-likeness (QED) is 0.487. The SMILES string of the molecule is N=C(N)c1cc2c(s1)SCC(=O)N2CCOC(=O)C(F)(F)F. The van der Waals surface area contributed by atoms with Gasteiger partial charge in [-0.1, -0.05) is 0 Å². The summed E-state index contributed by atoms with van der Waals surface area (Å²) in [5.41, 5.74) is 5.85. The number of hydrogen-bond acceptors (Lipinski definition) is 6. The van der Waals surface area contributed by atoms with Gasteiger partial charge >= 0.3 is 12.1 Å². The summed E-state index contributed by atoms with van der Waals surface area (Å²) < 4.78 is 40.9. The van der Waals surface area contributed by atoms with Crippen LogP contribution in [0.15, 0.2) is 10.3 Å². The number of esters is 1. The molecule has 0 saturated heterocycles. The minimum atomic E-state index is -5.06. The molecule has 0 spiro atoms. The van der Waals surface area contributed by atoms with Crippen molar-refractivity contribution in [2.24, 2.45) is 5.73 Å². The van der Waals surface area contributed by atoms with Crippen LogP contribution in [0, 0.1) is 5.41 Å². The molecule has 0 aliphatic carbocycles. The number of carbonyl (C=O) groups excluding carboxylic acids is 2. The first-order chi connectivity index (χ1) is 10.2. The molecule has 0 bridgehead atoms. The molecule has 120 valence electrons. The number of nitrogens with one attached hydrogen (secondary N) is 1. The predicted octanol–water partition coefficient (Wildman–Crippen LogP) is 1.58. The van der Waals surface area contributed by atoms with Crippen molar-refractivity contribution < 1.29 is 27.5 Å². The van der Waals surface area contributed by atoms with E-state index in [0.29, 0.717) is 10.6 Å². The third-order valence-corrected chi connectivity index (χ3v) is 5.06. The summed E-state index contributed by atoms with van der Waals surface area (Å²) in [4.78, 5) is 24.2. The van der Waals surface area contributed by atoms with E-state index in [1.54, 1.807) is 0 Å². The average molecular weight is 353 g/mol. The van der Waals surface area contributed by atoms with Gasteiger partial charge in [-0.05, 0) is 6.07 Å². The number of amidine groups is 1. The number of nitrogen functional groups attached to an aromatic ring is 1. The number of carbonyl (C=O) groups is 2. The van der Waals surface area contributed by atoms with Crippen molar-refractivity contribution in [3.05, 3.63) is 10.9 Å². The Balaban J connectivity index is 2.07. The van der Waals surface area contributed by atoms with Crippen LogP contribution in [-0.2, 0) is 14.3 Å². The highest BCUT2D eigenvalue weighted by Crippen LogP contribution is 2.41. The summed E-state index contributed by atoms with van der Waals surface area (Å²) in [5, 5.41) is 7.38. The Morgan fingerprint density at radius 2 is 2.18 bits per heavy atom. The topological polar surface area (TPSA) is 96.5 Å². The van der Waals surface area contributed by atoms with Gasteiger partial charge in [0.05, 0.1) is 27.1 Å². The van der Waals surface area contributed by atoms with Crippen LogP contribution in [0.2, 0.25) is 0 Å². The standard InChI is InChI=1S/C11H10F3N3O3S2/c12-11(13,14)10(19)20-2-1-17-5-3-6(8(15)16)22-9(5)21-4-7(17)18/h3H,1-2,4H2,(H3,15,16). The van der Waals surface area contributed by atoms with Crippen molar-refractivity contribution in [2.75, 3.05) is 23.8 Å². The second-order valence-corrected chi connectivity index (χ2v) is 6.46. The lowest BCUT2D eigenvalue weighted by Gasteiger charge is -2.26. The van der Waals surface area contributed by atoms with E-state index < -0.39 is 18.8 Å². The number of thioether (sulfide) groups is 1. The lowest BCUT2D eigenvalue weighted by atomic mass is 10.3. The van der Waals surface area contributed by atoms with Crippen molar-refractivity contribution in [2.45, 2.75) is 10.4 Å². The monoisotopic (exact) mass is 353 g/mol. The number of anilines is 1. The summed E-state index contributed by atoms with van der Waals surface area (Å²) in [5.74, 6) is -2.64. The lowest BCUT2D eigenvalue weighted by Crippen LogP contribution is -2.38. The number of amides is 1. The fourth-order valence-corrected chi connectivity index (χ4v) is 3.85. The van der Waals surface area contributed by atoms with E-state index in [1.165, 1.54) is 34.1 Å². The summed E-state index contributed by atoms with van der Waals surface area (Å²) in [6.07, 6.45) is -5.06. The van der Waals surface area contributed by atoms with Crippen LogP contribution in [0.25, 0.3) is 0 Å². The normalized spacial score (nSPS) is 14.7. The Hall–Kier alpha value is -1.75. The summed E-state index contributed by atoms with van der Waals surface area (Å²) in [6, 6.07) is 1.53. The van der Waals surface area contributed by atoms with Crippen LogP contribution in [0.4, 0.5) is 18.9 Å². The molecule has 2 heterocycles. The zero-order valence-corrected chi connectivity index (χ0v) is 12.5. The third kappa shape index (κ3) is 3.53. The van der Waals surface area contributed by atoms with Crippen LogP contribution in [0.3, 0.4) is 0 Å². The molecule has 0 saturated carbocycles. The maximum atomic E-state index is 12.0. The van der Waals surface area contributed by atoms with Crippen molar-refractivity contribution in [1.29, 1.82) is 5.41 Å². The van der Waals surface area contributed by atoms with E-state index in [0.717, 1.165) is 4.21 Å². The molecule has 1 aliphatic rings. The molecule has 6 nitrogen and oxygen atoms in total. The molecule has 0 unspecified atom stereocenters. The number of hydrogen-bond donors (Lipinski definition) is 2. The highest BCUT2D eigenvalue weighted by atomic mass is 32.2. The molecular weight excluding hydrogens is 343 g/mol. The highest BCUT2D eigenvalue weighted by molar-refractivity contribution is 8.02. The summed E-state index contributed by atoms with van der Waals surface area (Å²) >= 11 is 2.50. The molecule has 0 fully saturated rings. The number of ether oxygens (including phenoxy) is 1. The minimum absolute atomic E-state index is 0.123. The van der Waals surface area contributed by atoms with Gasteiger partial charge < -0.3 is 15.4 Å². The maximum absolute atomic E-state index is 12.0. The lowest BCUT2D eigenvalue weighted by molar-refractivity contribution is -0.199. The first-order valence-electron chi connectivity index (χ1n) is 5.85. The highest BCUT2D eigenvalue weighted by Gasteiger charge is 2.41. The molecule has 1 aliphatic heterocycles. The second-order valence-electron chi connectivity index (χ2n) is 4.16. The maximum Gasteiger partial charge on any atom is 0.490 e. The van der Waals surface area contributed by atoms with Gasteiger partial charge in [0.25, 0.3) is 0 Å². The molecular formula is C11H10F3N3O3S2. The second kappa shape index (κ2) is 6.16. The average Bonchev–Trinajstić information content (AvgIpc) is 2.84. The Morgan fingerprint density at radius 1 is 1.50 bits per heavy atom. The third-order valence-electron chi connectivity index (χ3n) is 2.64. The van der Waals surface area contributed by atoms with Gasteiger partial charge in [0.1, 0.15) is 12.4 Å². The summed E-state index contributed by atoms with van der Waals surface area (Å²) in [7, 11) is 0. The molecule has 1 aromatic heterocycles. The molecule has 2 rings (SSSR count). The van der Waals surface area contributed by atoms with Gasteiger partial charge in [-0.25, -0.2) is 4.79 Å². The number of rotatable bonds is 4. The molecule has 11 heteroatoms. The zero-order valence-electron chi connectivity index (χ0n) is 10.9. The van der Waals surface area contributed by atoms with Gasteiger partial charge in [-0.15, -0.1) is 23.1 Å². The predicted molar refractivity (Wildman–Crippen MR) is 75.4 cm³/mol. The molecule has 3 N–H and O–H groups in total. The Kier molecular flexibility index (Phi) is 4.66. The Bertz CT molecular complexity index is 630. The minimum Gasteiger partial charge on any atom is -0.457 e. The van der Waals surface area contributed by atoms with Crippen LogP contribution in [-0.4, -0.2) is 42.8 Å². The molecule has 0 radical (unpaired) electrons. The number of halogens is 3. The van der Waals surface area contributed by atoms with Crippen molar-refractivity contribution in [3.8, 4) is 0 Å². The number of nitrogens with zero attached hydrogens (tertiary/aromatic N) is 1. The molecule has 1 aromatic rings.